The summed E-state index contributed by atoms with van der Waals surface area (Å²) in [5, 5.41) is 0. The molecular formula is C37H46N2O17. The van der Waals surface area contributed by atoms with Gasteiger partial charge in [-0.15, -0.1) is 0 Å². The molecule has 306 valence electrons. The number of anilines is 2. The van der Waals surface area contributed by atoms with Crippen LogP contribution in [0, 0.1) is 13.8 Å². The Balaban J connectivity index is 2.29. The predicted molar refractivity (Wildman–Crippen MR) is 193 cm³/mol. The quantitative estimate of drug-likeness (QED) is 0.0491. The van der Waals surface area contributed by atoms with Gasteiger partial charge in [-0.3, -0.25) is 33.6 Å². The van der Waals surface area contributed by atoms with Crippen molar-refractivity contribution in [2.24, 2.45) is 0 Å². The highest BCUT2D eigenvalue weighted by Gasteiger charge is 2.23. The SMILES string of the molecule is C=C(C)OCOC(=O)CN(CC(=O)OCOC(C)=O)c1ccc(C)cc1OCCOc1cc(C)ccc1N(CC(=O)OCOC(C)=O)CC(=O)OCOC(C)=O. The lowest BCUT2D eigenvalue weighted by Gasteiger charge is -2.26. The lowest BCUT2D eigenvalue weighted by Crippen LogP contribution is -2.37. The standard InChI is InChI=1S/C37H46N2O17/c1-24(2)49-20-53-34(43)16-38(17-35(44)54-21-50-27(5)40)30-10-8-25(3)14-32(30)47-12-13-48-33-15-26(4)9-11-31(33)39(18-36(45)55-22-51-28(6)41)19-37(46)56-23-52-29(7)42/h8-11,14-15H,1,12-13,16-23H2,2-7H3. The molecule has 2 aromatic rings. The maximum atomic E-state index is 12.7. The third-order valence-electron chi connectivity index (χ3n) is 6.76. The molecule has 0 bridgehead atoms. The average Bonchev–Trinajstić information content (AvgIpc) is 3.09. The Labute approximate surface area is 323 Å². The zero-order valence-corrected chi connectivity index (χ0v) is 32.1. The Bertz CT molecular complexity index is 1520. The van der Waals surface area contributed by atoms with Crippen molar-refractivity contribution in [1.29, 1.82) is 0 Å². The van der Waals surface area contributed by atoms with Gasteiger partial charge < -0.3 is 57.2 Å². The van der Waals surface area contributed by atoms with E-state index in [1.807, 2.05) is 0 Å². The van der Waals surface area contributed by atoms with Crippen LogP contribution in [0.2, 0.25) is 0 Å². The molecule has 56 heavy (non-hydrogen) atoms. The van der Waals surface area contributed by atoms with E-state index in [1.54, 1.807) is 57.2 Å². The van der Waals surface area contributed by atoms with Crippen molar-refractivity contribution < 1.29 is 80.9 Å². The molecule has 0 aliphatic carbocycles. The fourth-order valence-electron chi connectivity index (χ4n) is 4.29. The number of benzene rings is 2. The average molecular weight is 791 g/mol. The van der Waals surface area contributed by atoms with Gasteiger partial charge in [-0.2, -0.15) is 0 Å². The molecule has 0 saturated carbocycles. The molecule has 0 aliphatic rings. The number of ether oxygens (including phenoxy) is 10. The molecule has 0 unspecified atom stereocenters. The number of carbonyl (C=O) groups excluding carboxylic acids is 7. The van der Waals surface area contributed by atoms with E-state index in [9.17, 15) is 33.6 Å². The first-order valence-electron chi connectivity index (χ1n) is 16.8. The van der Waals surface area contributed by atoms with Crippen LogP contribution in [0.1, 0.15) is 38.8 Å². The smallest absolute Gasteiger partial charge is 0.328 e. The fraction of sp³-hybridized carbons (Fsp3) is 0.432. The molecule has 0 fully saturated rings. The summed E-state index contributed by atoms with van der Waals surface area (Å²) in [5.74, 6) is -4.48. The summed E-state index contributed by atoms with van der Waals surface area (Å²) < 4.78 is 51.2. The lowest BCUT2D eigenvalue weighted by molar-refractivity contribution is -0.167. The third-order valence-corrected chi connectivity index (χ3v) is 6.76. The van der Waals surface area contributed by atoms with Gasteiger partial charge in [-0.1, -0.05) is 18.7 Å². The molecule has 2 rings (SSSR count). The van der Waals surface area contributed by atoms with Gasteiger partial charge in [0.05, 0.1) is 17.1 Å². The van der Waals surface area contributed by atoms with Gasteiger partial charge in [-0.25, -0.2) is 0 Å². The molecule has 0 amide bonds. The monoisotopic (exact) mass is 790 g/mol. The first-order chi connectivity index (χ1) is 26.5. The summed E-state index contributed by atoms with van der Waals surface area (Å²) in [7, 11) is 0. The van der Waals surface area contributed by atoms with Crippen LogP contribution in [0.25, 0.3) is 0 Å². The zero-order chi connectivity index (χ0) is 41.6. The fourth-order valence-corrected chi connectivity index (χ4v) is 4.29. The second kappa shape index (κ2) is 24.0. The van der Waals surface area contributed by atoms with Crippen molar-refractivity contribution in [3.05, 3.63) is 59.9 Å². The van der Waals surface area contributed by atoms with Crippen LogP contribution >= 0.6 is 0 Å². The van der Waals surface area contributed by atoms with Crippen molar-refractivity contribution in [3.63, 3.8) is 0 Å². The molecule has 0 atom stereocenters. The molecule has 19 heteroatoms. The Morgan fingerprint density at radius 2 is 0.786 bits per heavy atom. The van der Waals surface area contributed by atoms with Crippen molar-refractivity contribution in [3.8, 4) is 11.5 Å². The van der Waals surface area contributed by atoms with Crippen LogP contribution in [0.3, 0.4) is 0 Å². The number of hydrogen-bond acceptors (Lipinski definition) is 19. The van der Waals surface area contributed by atoms with Crippen molar-refractivity contribution in [2.45, 2.75) is 41.5 Å². The van der Waals surface area contributed by atoms with E-state index in [4.69, 9.17) is 33.2 Å². The van der Waals surface area contributed by atoms with Gasteiger partial charge in [0.2, 0.25) is 27.2 Å². The first kappa shape index (κ1) is 45.6. The van der Waals surface area contributed by atoms with Crippen molar-refractivity contribution in [1.82, 2.24) is 0 Å². The predicted octanol–water partition coefficient (Wildman–Crippen LogP) is 2.62. The summed E-state index contributed by atoms with van der Waals surface area (Å²) in [4.78, 5) is 86.7. The normalized spacial score (nSPS) is 10.2. The molecule has 19 nitrogen and oxygen atoms in total. The third kappa shape index (κ3) is 18.5. The number of carbonyl (C=O) groups is 7. The molecular weight excluding hydrogens is 744 g/mol. The van der Waals surface area contributed by atoms with Gasteiger partial charge in [0.15, 0.2) is 0 Å². The van der Waals surface area contributed by atoms with E-state index in [1.165, 1.54) is 9.80 Å². The summed E-state index contributed by atoms with van der Waals surface area (Å²) in [6, 6.07) is 9.99. The van der Waals surface area contributed by atoms with Gasteiger partial charge >= 0.3 is 41.8 Å². The summed E-state index contributed by atoms with van der Waals surface area (Å²) in [6.07, 6.45) is 0. The van der Waals surface area contributed by atoms with Crippen LogP contribution in [0.5, 0.6) is 11.5 Å². The number of esters is 7. The number of hydrogen-bond donors (Lipinski definition) is 0. The molecule has 0 spiro atoms. The summed E-state index contributed by atoms with van der Waals surface area (Å²) >= 11 is 0. The van der Waals surface area contributed by atoms with Gasteiger partial charge in [-0.05, 0) is 56.2 Å². The molecule has 0 aliphatic heterocycles. The number of aryl methyl sites for hydroxylation is 2. The first-order valence-corrected chi connectivity index (χ1v) is 16.8. The minimum Gasteiger partial charge on any atom is -0.488 e. The molecule has 0 aromatic heterocycles. The minimum atomic E-state index is -0.854. The van der Waals surface area contributed by atoms with E-state index in [0.29, 0.717) is 11.4 Å². The van der Waals surface area contributed by atoms with Gasteiger partial charge in [0, 0.05) is 20.8 Å². The van der Waals surface area contributed by atoms with Crippen LogP contribution < -0.4 is 19.3 Å². The van der Waals surface area contributed by atoms with E-state index in [0.717, 1.165) is 31.9 Å². The topological polar surface area (TPSA) is 218 Å². The Hall–Kier alpha value is -6.53. The van der Waals surface area contributed by atoms with Gasteiger partial charge in [0.25, 0.3) is 0 Å². The van der Waals surface area contributed by atoms with E-state index >= 15 is 0 Å². The van der Waals surface area contributed by atoms with Crippen LogP contribution in [0.4, 0.5) is 11.4 Å². The second-order valence-electron chi connectivity index (χ2n) is 11.6. The number of rotatable bonds is 24. The second-order valence-corrected chi connectivity index (χ2v) is 11.6. The maximum Gasteiger partial charge on any atom is 0.328 e. The van der Waals surface area contributed by atoms with Crippen LogP contribution in [0.15, 0.2) is 48.7 Å². The highest BCUT2D eigenvalue weighted by atomic mass is 16.7. The molecule has 2 aromatic carbocycles. The maximum absolute atomic E-state index is 12.7. The number of nitrogens with zero attached hydrogens (tertiary/aromatic N) is 2. The molecule has 0 saturated heterocycles. The highest BCUT2D eigenvalue weighted by Crippen LogP contribution is 2.32. The van der Waals surface area contributed by atoms with Crippen molar-refractivity contribution >= 4 is 53.2 Å². The molecule has 0 N–H and O–H groups in total. The Kier molecular flexibility index (Phi) is 19.5. The Morgan fingerprint density at radius 3 is 1.07 bits per heavy atom. The van der Waals surface area contributed by atoms with E-state index in [2.05, 4.69) is 20.8 Å². The highest BCUT2D eigenvalue weighted by molar-refractivity contribution is 5.84. The molecule has 0 heterocycles. The number of allylic oxidation sites excluding steroid dienone is 1. The van der Waals surface area contributed by atoms with Crippen molar-refractivity contribution in [2.75, 3.05) is 76.4 Å². The minimum absolute atomic E-state index is 0.0830. The van der Waals surface area contributed by atoms with E-state index < -0.39 is 95.1 Å². The van der Waals surface area contributed by atoms with E-state index in [-0.39, 0.29) is 30.4 Å². The summed E-state index contributed by atoms with van der Waals surface area (Å²) in [6.45, 7) is 7.75. The molecule has 0 radical (unpaired) electrons. The summed E-state index contributed by atoms with van der Waals surface area (Å²) in [5.41, 5.74) is 2.11. The largest absolute Gasteiger partial charge is 0.488 e. The van der Waals surface area contributed by atoms with Gasteiger partial charge in [0.1, 0.15) is 50.9 Å². The lowest BCUT2D eigenvalue weighted by atomic mass is 10.2. The van der Waals surface area contributed by atoms with Crippen LogP contribution in [-0.4, -0.2) is 108 Å². The zero-order valence-electron chi connectivity index (χ0n) is 32.1. The van der Waals surface area contributed by atoms with Crippen LogP contribution in [-0.2, 0) is 71.5 Å². The Morgan fingerprint density at radius 1 is 0.482 bits per heavy atom.